The highest BCUT2D eigenvalue weighted by molar-refractivity contribution is 5.82. The number of nitrogens with one attached hydrogen (secondary N) is 2. The van der Waals surface area contributed by atoms with Crippen LogP contribution in [0.4, 0.5) is 5.69 Å². The smallest absolute Gasteiger partial charge is 0.224 e. The van der Waals surface area contributed by atoms with E-state index in [1.807, 2.05) is 19.3 Å². The zero-order valence-corrected chi connectivity index (χ0v) is 11.2. The highest BCUT2D eigenvalue weighted by Gasteiger charge is 2.40. The van der Waals surface area contributed by atoms with Crippen LogP contribution in [-0.2, 0) is 11.3 Å². The summed E-state index contributed by atoms with van der Waals surface area (Å²) >= 11 is 0. The van der Waals surface area contributed by atoms with Gasteiger partial charge in [-0.25, -0.2) is 0 Å². The number of likely N-dealkylation sites (tertiary alicyclic amines) is 1. The van der Waals surface area contributed by atoms with Gasteiger partial charge in [-0.3, -0.25) is 14.7 Å². The molecule has 2 fully saturated rings. The van der Waals surface area contributed by atoms with E-state index in [-0.39, 0.29) is 11.8 Å². The molecule has 2 atom stereocenters. The van der Waals surface area contributed by atoms with Gasteiger partial charge in [0.25, 0.3) is 0 Å². The van der Waals surface area contributed by atoms with Crippen LogP contribution in [0.15, 0.2) is 18.3 Å². The van der Waals surface area contributed by atoms with Gasteiger partial charge in [0.1, 0.15) is 0 Å². The van der Waals surface area contributed by atoms with Crippen molar-refractivity contribution < 1.29 is 4.79 Å². The molecule has 0 saturated carbocycles. The summed E-state index contributed by atoms with van der Waals surface area (Å²) < 4.78 is 0. The largest absolute Gasteiger partial charge is 0.388 e. The van der Waals surface area contributed by atoms with Crippen LogP contribution in [0, 0.1) is 5.92 Å². The van der Waals surface area contributed by atoms with E-state index in [2.05, 4.69) is 26.6 Å². The Labute approximate surface area is 113 Å². The number of amides is 1. The summed E-state index contributed by atoms with van der Waals surface area (Å²) in [6.45, 7) is 2.67. The Morgan fingerprint density at radius 2 is 2.47 bits per heavy atom. The number of carbonyl (C=O) groups excluding carboxylic acids is 1. The van der Waals surface area contributed by atoms with Gasteiger partial charge in [0, 0.05) is 38.1 Å². The Balaban J connectivity index is 1.73. The van der Waals surface area contributed by atoms with Crippen LogP contribution in [0.1, 0.15) is 18.5 Å². The molecule has 19 heavy (non-hydrogen) atoms. The highest BCUT2D eigenvalue weighted by atomic mass is 16.2. The van der Waals surface area contributed by atoms with E-state index in [1.54, 1.807) is 0 Å². The van der Waals surface area contributed by atoms with Gasteiger partial charge in [-0.15, -0.1) is 0 Å². The van der Waals surface area contributed by atoms with E-state index >= 15 is 0 Å². The summed E-state index contributed by atoms with van der Waals surface area (Å²) in [7, 11) is 1.91. The summed E-state index contributed by atoms with van der Waals surface area (Å²) in [6, 6.07) is 4.39. The number of carbonyl (C=O) groups is 1. The second-order valence-electron chi connectivity index (χ2n) is 5.32. The molecule has 5 heteroatoms. The lowest BCUT2D eigenvalue weighted by atomic mass is 9.91. The molecule has 1 amide bonds. The van der Waals surface area contributed by atoms with E-state index in [0.717, 1.165) is 43.9 Å². The molecule has 1 aromatic heterocycles. The fourth-order valence-electron chi connectivity index (χ4n) is 3.16. The number of hydrogen-bond acceptors (Lipinski definition) is 4. The van der Waals surface area contributed by atoms with E-state index < -0.39 is 0 Å². The molecule has 3 rings (SSSR count). The maximum atomic E-state index is 11.7. The predicted octanol–water partition coefficient (Wildman–Crippen LogP) is 0.834. The van der Waals surface area contributed by atoms with Crippen molar-refractivity contribution in [1.82, 2.24) is 15.2 Å². The number of hydrogen-bond donors (Lipinski definition) is 2. The van der Waals surface area contributed by atoms with Crippen molar-refractivity contribution in [1.29, 1.82) is 0 Å². The minimum absolute atomic E-state index is 0.182. The minimum atomic E-state index is 0.182. The zero-order chi connectivity index (χ0) is 13.2. The van der Waals surface area contributed by atoms with Crippen molar-refractivity contribution in [3.05, 3.63) is 24.0 Å². The first-order valence-electron chi connectivity index (χ1n) is 6.92. The third kappa shape index (κ3) is 2.42. The van der Waals surface area contributed by atoms with Gasteiger partial charge in [-0.2, -0.15) is 0 Å². The summed E-state index contributed by atoms with van der Waals surface area (Å²) in [5, 5.41) is 6.12. The summed E-state index contributed by atoms with van der Waals surface area (Å²) in [5.74, 6) is 0.410. The second kappa shape index (κ2) is 5.17. The highest BCUT2D eigenvalue weighted by Crippen LogP contribution is 2.28. The summed E-state index contributed by atoms with van der Waals surface area (Å²) in [5.41, 5.74) is 2.14. The molecule has 0 radical (unpaired) electrons. The molecule has 2 aliphatic heterocycles. The Morgan fingerprint density at radius 3 is 3.32 bits per heavy atom. The molecule has 1 aromatic rings. The van der Waals surface area contributed by atoms with Gasteiger partial charge < -0.3 is 10.6 Å². The average Bonchev–Trinajstić information content (AvgIpc) is 2.82. The predicted molar refractivity (Wildman–Crippen MR) is 73.7 cm³/mol. The topological polar surface area (TPSA) is 57.3 Å². The Bertz CT molecular complexity index is 476. The summed E-state index contributed by atoms with van der Waals surface area (Å²) in [4.78, 5) is 18.6. The first-order valence-corrected chi connectivity index (χ1v) is 6.92. The lowest BCUT2D eigenvalue weighted by Gasteiger charge is -2.35. The first-order chi connectivity index (χ1) is 9.28. The number of rotatable bonds is 3. The van der Waals surface area contributed by atoms with Crippen molar-refractivity contribution in [3.63, 3.8) is 0 Å². The van der Waals surface area contributed by atoms with E-state index in [9.17, 15) is 4.79 Å². The number of anilines is 1. The van der Waals surface area contributed by atoms with Gasteiger partial charge >= 0.3 is 0 Å². The van der Waals surface area contributed by atoms with Crippen LogP contribution >= 0.6 is 0 Å². The number of piperidine rings is 1. The molecule has 2 unspecified atom stereocenters. The molecule has 0 aromatic carbocycles. The third-order valence-corrected chi connectivity index (χ3v) is 4.19. The Morgan fingerprint density at radius 1 is 1.58 bits per heavy atom. The quantitative estimate of drug-likeness (QED) is 0.845. The van der Waals surface area contributed by atoms with Crippen molar-refractivity contribution in [2.24, 2.45) is 5.92 Å². The van der Waals surface area contributed by atoms with Crippen LogP contribution in [-0.4, -0.2) is 42.0 Å². The molecular formula is C14H20N4O. The van der Waals surface area contributed by atoms with Crippen LogP contribution < -0.4 is 10.6 Å². The van der Waals surface area contributed by atoms with Crippen LogP contribution in [0.2, 0.25) is 0 Å². The molecule has 0 aliphatic carbocycles. The number of nitrogens with zero attached hydrogens (tertiary/aromatic N) is 2. The number of aromatic nitrogens is 1. The molecule has 102 valence electrons. The molecule has 2 N–H and O–H groups in total. The second-order valence-corrected chi connectivity index (χ2v) is 5.32. The first kappa shape index (κ1) is 12.4. The fourth-order valence-corrected chi connectivity index (χ4v) is 3.16. The Hall–Kier alpha value is -1.62. The van der Waals surface area contributed by atoms with Gasteiger partial charge in [0.05, 0.1) is 11.6 Å². The maximum absolute atomic E-state index is 11.7. The van der Waals surface area contributed by atoms with Crippen LogP contribution in [0.3, 0.4) is 0 Å². The van der Waals surface area contributed by atoms with Gasteiger partial charge in [-0.1, -0.05) is 0 Å². The SMILES string of the molecule is CNc1ccnc(CN2CCCC3C(=O)NCC32)c1. The molecule has 3 heterocycles. The lowest BCUT2D eigenvalue weighted by Crippen LogP contribution is -2.45. The van der Waals surface area contributed by atoms with Crippen molar-refractivity contribution in [2.45, 2.75) is 25.4 Å². The fraction of sp³-hybridized carbons (Fsp3) is 0.571. The molecule has 5 nitrogen and oxygen atoms in total. The normalized spacial score (nSPS) is 26.9. The third-order valence-electron chi connectivity index (χ3n) is 4.19. The molecular weight excluding hydrogens is 240 g/mol. The van der Waals surface area contributed by atoms with Gasteiger partial charge in [0.2, 0.25) is 5.91 Å². The van der Waals surface area contributed by atoms with Crippen molar-refractivity contribution in [2.75, 3.05) is 25.5 Å². The summed E-state index contributed by atoms with van der Waals surface area (Å²) in [6.07, 6.45) is 3.96. The molecule has 0 spiro atoms. The van der Waals surface area contributed by atoms with Crippen molar-refractivity contribution >= 4 is 11.6 Å². The monoisotopic (exact) mass is 260 g/mol. The minimum Gasteiger partial charge on any atom is -0.388 e. The zero-order valence-electron chi connectivity index (χ0n) is 11.2. The average molecular weight is 260 g/mol. The molecule has 2 saturated heterocycles. The van der Waals surface area contributed by atoms with E-state index in [0.29, 0.717) is 6.04 Å². The Kier molecular flexibility index (Phi) is 3.38. The van der Waals surface area contributed by atoms with Crippen LogP contribution in [0.25, 0.3) is 0 Å². The van der Waals surface area contributed by atoms with Crippen LogP contribution in [0.5, 0.6) is 0 Å². The van der Waals surface area contributed by atoms with E-state index in [4.69, 9.17) is 0 Å². The number of pyridine rings is 1. The standard InChI is InChI=1S/C14H20N4O/c1-15-10-4-5-16-11(7-10)9-18-6-2-3-12-13(18)8-17-14(12)19/h4-5,7,12-13H,2-3,6,8-9H2,1H3,(H,15,16)(H,17,19). The van der Waals surface area contributed by atoms with Crippen molar-refractivity contribution in [3.8, 4) is 0 Å². The van der Waals surface area contributed by atoms with Gasteiger partial charge in [0.15, 0.2) is 0 Å². The number of fused-ring (bicyclic) bond motifs is 1. The molecule has 2 aliphatic rings. The van der Waals surface area contributed by atoms with E-state index in [1.165, 1.54) is 0 Å². The lowest BCUT2D eigenvalue weighted by molar-refractivity contribution is -0.124. The molecule has 0 bridgehead atoms. The van der Waals surface area contributed by atoms with Gasteiger partial charge in [-0.05, 0) is 31.5 Å². The maximum Gasteiger partial charge on any atom is 0.224 e.